The zero-order valence-corrected chi connectivity index (χ0v) is 25.3. The molecule has 254 valence electrons. The van der Waals surface area contributed by atoms with Crippen molar-refractivity contribution in [3.05, 3.63) is 0 Å². The highest BCUT2D eigenvalue weighted by molar-refractivity contribution is 7.99. The standard InChI is InChI=1S/C24H45NO16S2/c1-36-25(3-2-5-43-6-4-42)22-17(33)15(31)20(11(8-27)37-22)40-24-19(35)16(32)21(12(9-28)39-24)41-23-18(34)14(30)13(29)10(7-26)38-23/h10-24,26-35,42H,2-9H2,1H3/t10?,11?,12?,13-,14-,15+,16+,17?,18?,19?,20+,21-,22+,23+,24-/m0/s1. The predicted octanol–water partition coefficient (Wildman–Crippen LogP) is -5.65. The van der Waals surface area contributed by atoms with Crippen molar-refractivity contribution in [3.8, 4) is 0 Å². The number of rotatable bonds is 15. The number of thiol groups is 1. The van der Waals surface area contributed by atoms with E-state index in [0.29, 0.717) is 13.0 Å². The molecule has 0 aliphatic carbocycles. The van der Waals surface area contributed by atoms with Gasteiger partial charge in [-0.25, -0.2) is 0 Å². The van der Waals surface area contributed by atoms with Gasteiger partial charge in [0, 0.05) is 12.3 Å². The third kappa shape index (κ3) is 8.89. The van der Waals surface area contributed by atoms with Crippen LogP contribution >= 0.6 is 24.4 Å². The second-order valence-electron chi connectivity index (χ2n) is 10.3. The van der Waals surface area contributed by atoms with Crippen LogP contribution in [0.15, 0.2) is 0 Å². The molecule has 0 aromatic heterocycles. The predicted molar refractivity (Wildman–Crippen MR) is 149 cm³/mol. The van der Waals surface area contributed by atoms with E-state index < -0.39 is 112 Å². The van der Waals surface area contributed by atoms with E-state index in [1.807, 2.05) is 0 Å². The molecule has 3 fully saturated rings. The molecule has 15 atom stereocenters. The highest BCUT2D eigenvalue weighted by Gasteiger charge is 2.54. The minimum atomic E-state index is -1.90. The summed E-state index contributed by atoms with van der Waals surface area (Å²) in [7, 11) is 1.37. The van der Waals surface area contributed by atoms with Gasteiger partial charge in [0.2, 0.25) is 0 Å². The molecule has 43 heavy (non-hydrogen) atoms. The molecule has 0 radical (unpaired) electrons. The maximum atomic E-state index is 10.9. The fourth-order valence-electron chi connectivity index (χ4n) is 5.11. The van der Waals surface area contributed by atoms with E-state index in [4.69, 9.17) is 28.5 Å². The van der Waals surface area contributed by atoms with E-state index in [9.17, 15) is 51.1 Å². The van der Waals surface area contributed by atoms with Gasteiger partial charge >= 0.3 is 0 Å². The van der Waals surface area contributed by atoms with Crippen LogP contribution in [0, 0.1) is 0 Å². The second kappa shape index (κ2) is 17.8. The van der Waals surface area contributed by atoms with Gasteiger partial charge in [-0.2, -0.15) is 29.5 Å². The second-order valence-corrected chi connectivity index (χ2v) is 12.0. The van der Waals surface area contributed by atoms with Gasteiger partial charge in [-0.1, -0.05) is 0 Å². The third-order valence-corrected chi connectivity index (χ3v) is 9.11. The number of aliphatic hydroxyl groups is 10. The Hall–Kier alpha value is 0.0200. The zero-order chi connectivity index (χ0) is 31.8. The largest absolute Gasteiger partial charge is 0.394 e. The number of nitrogens with zero attached hydrogens (tertiary/aromatic N) is 1. The molecule has 0 bridgehead atoms. The average Bonchev–Trinajstić information content (AvgIpc) is 3.01. The molecule has 3 rings (SSSR count). The molecule has 3 saturated heterocycles. The molecule has 0 amide bonds. The van der Waals surface area contributed by atoms with E-state index in [1.165, 1.54) is 12.2 Å². The quantitative estimate of drug-likeness (QED) is 0.0442. The molecule has 3 aliphatic rings. The van der Waals surface area contributed by atoms with E-state index in [1.54, 1.807) is 11.8 Å². The maximum absolute atomic E-state index is 10.9. The van der Waals surface area contributed by atoms with E-state index in [-0.39, 0.29) is 0 Å². The van der Waals surface area contributed by atoms with Crippen molar-refractivity contribution in [3.63, 3.8) is 0 Å². The molecular formula is C24H45NO16S2. The first-order valence-electron chi connectivity index (χ1n) is 13.9. The first-order chi connectivity index (χ1) is 20.5. The number of aliphatic hydroxyl groups excluding tert-OH is 10. The third-order valence-electron chi connectivity index (χ3n) is 7.51. The van der Waals surface area contributed by atoms with Crippen LogP contribution in [0.25, 0.3) is 0 Å². The summed E-state index contributed by atoms with van der Waals surface area (Å²) in [4.78, 5) is 5.34. The highest BCUT2D eigenvalue weighted by Crippen LogP contribution is 2.33. The molecule has 17 nitrogen and oxygen atoms in total. The summed E-state index contributed by atoms with van der Waals surface area (Å²) in [6.07, 6.45) is -23.3. The fraction of sp³-hybridized carbons (Fsp3) is 1.00. The van der Waals surface area contributed by atoms with Crippen LogP contribution in [0.4, 0.5) is 0 Å². The monoisotopic (exact) mass is 667 g/mol. The summed E-state index contributed by atoms with van der Waals surface area (Å²) in [5.74, 6) is 2.38. The minimum absolute atomic E-state index is 0.332. The Morgan fingerprint density at radius 3 is 1.70 bits per heavy atom. The topological polar surface area (TPSA) is 261 Å². The van der Waals surface area contributed by atoms with Crippen LogP contribution in [-0.4, -0.2) is 199 Å². The Bertz CT molecular complexity index is 804. The Morgan fingerprint density at radius 1 is 0.651 bits per heavy atom. The fourth-order valence-corrected chi connectivity index (χ4v) is 6.16. The summed E-state index contributed by atoms with van der Waals surface area (Å²) < 4.78 is 27.9. The normalized spacial score (nSPS) is 44.2. The van der Waals surface area contributed by atoms with Crippen LogP contribution in [0.1, 0.15) is 6.42 Å². The molecule has 19 heteroatoms. The van der Waals surface area contributed by atoms with Gasteiger partial charge in [-0.05, 0) is 17.9 Å². The smallest absolute Gasteiger partial charge is 0.187 e. The Balaban J connectivity index is 1.67. The van der Waals surface area contributed by atoms with Gasteiger partial charge in [0.15, 0.2) is 18.8 Å². The lowest BCUT2D eigenvalue weighted by molar-refractivity contribution is -0.382. The molecule has 3 aliphatic heterocycles. The molecule has 0 spiro atoms. The van der Waals surface area contributed by atoms with Gasteiger partial charge in [0.1, 0.15) is 73.2 Å². The molecule has 0 aromatic rings. The molecule has 0 saturated carbocycles. The number of hydroxylamine groups is 2. The Kier molecular flexibility index (Phi) is 15.5. The van der Waals surface area contributed by atoms with Crippen molar-refractivity contribution in [2.24, 2.45) is 0 Å². The van der Waals surface area contributed by atoms with E-state index >= 15 is 0 Å². The number of hydrogen-bond donors (Lipinski definition) is 11. The van der Waals surface area contributed by atoms with Crippen molar-refractivity contribution in [1.82, 2.24) is 5.06 Å². The van der Waals surface area contributed by atoms with Crippen molar-refractivity contribution >= 4 is 24.4 Å². The molecule has 6 unspecified atom stereocenters. The summed E-state index contributed by atoms with van der Waals surface area (Å²) >= 11 is 5.85. The first-order valence-corrected chi connectivity index (χ1v) is 15.7. The number of thioether (sulfide) groups is 1. The van der Waals surface area contributed by atoms with Crippen LogP contribution in [0.5, 0.6) is 0 Å². The van der Waals surface area contributed by atoms with Crippen molar-refractivity contribution < 1.29 is 79.6 Å². The van der Waals surface area contributed by atoms with Gasteiger partial charge in [-0.3, -0.25) is 4.84 Å². The lowest BCUT2D eigenvalue weighted by atomic mass is 9.95. The van der Waals surface area contributed by atoms with Gasteiger partial charge in [-0.15, -0.1) is 0 Å². The number of ether oxygens (including phenoxy) is 5. The van der Waals surface area contributed by atoms with Crippen molar-refractivity contribution in [2.45, 2.75) is 98.5 Å². The van der Waals surface area contributed by atoms with Crippen LogP contribution in [-0.2, 0) is 28.5 Å². The Labute approximate surface area is 258 Å². The van der Waals surface area contributed by atoms with Gasteiger partial charge in [0.05, 0.1) is 26.9 Å². The van der Waals surface area contributed by atoms with E-state index in [0.717, 1.165) is 17.3 Å². The molecule has 3 heterocycles. The lowest BCUT2D eigenvalue weighted by Crippen LogP contribution is -2.67. The Morgan fingerprint density at radius 2 is 1.16 bits per heavy atom. The molecule has 0 aromatic carbocycles. The van der Waals surface area contributed by atoms with Crippen LogP contribution in [0.2, 0.25) is 0 Å². The molecule has 10 N–H and O–H groups in total. The summed E-state index contributed by atoms with van der Waals surface area (Å²) in [5, 5.41) is 104. The SMILES string of the molecule is CON(CCCSCCS)[C@@H]1OC(CO)[C@@H](O[C@@H]2OC(CO)[C@H](O[C@H]3OC(CO)[C@H](O)[C@H](O)C3O)[C@H](O)C2O)[C@H](O)C1O. The van der Waals surface area contributed by atoms with Crippen LogP contribution < -0.4 is 0 Å². The summed E-state index contributed by atoms with van der Waals surface area (Å²) in [5.41, 5.74) is 0. The van der Waals surface area contributed by atoms with Crippen molar-refractivity contribution in [1.29, 1.82) is 0 Å². The first kappa shape index (κ1) is 37.5. The van der Waals surface area contributed by atoms with Gasteiger partial charge < -0.3 is 74.7 Å². The average molecular weight is 668 g/mol. The van der Waals surface area contributed by atoms with Crippen LogP contribution in [0.3, 0.4) is 0 Å². The lowest BCUT2D eigenvalue weighted by Gasteiger charge is -2.49. The summed E-state index contributed by atoms with van der Waals surface area (Å²) in [6.45, 7) is -1.89. The van der Waals surface area contributed by atoms with Crippen molar-refractivity contribution in [2.75, 3.05) is 50.7 Å². The highest BCUT2D eigenvalue weighted by atomic mass is 32.2. The zero-order valence-electron chi connectivity index (χ0n) is 23.5. The summed E-state index contributed by atoms with van der Waals surface area (Å²) in [6, 6.07) is 0. The van der Waals surface area contributed by atoms with Gasteiger partial charge in [0.25, 0.3) is 0 Å². The maximum Gasteiger partial charge on any atom is 0.187 e. The minimum Gasteiger partial charge on any atom is -0.394 e. The molecular weight excluding hydrogens is 622 g/mol. The number of hydrogen-bond acceptors (Lipinski definition) is 19. The van der Waals surface area contributed by atoms with E-state index in [2.05, 4.69) is 12.6 Å².